The standard InChI is InChI=1S/C10H11BrClN/c11-8-3-7(4-9(12)5-8)10(13)6-1-2-6/h3-6,10H,1-2,13H2/t10-/m1/s1. The number of nitrogens with two attached hydrogens (primary N) is 1. The second kappa shape index (κ2) is 3.60. The van der Waals surface area contributed by atoms with Crippen LogP contribution in [0.4, 0.5) is 0 Å². The molecule has 1 atom stereocenters. The van der Waals surface area contributed by atoms with Gasteiger partial charge in [0.15, 0.2) is 0 Å². The van der Waals surface area contributed by atoms with Crippen LogP contribution >= 0.6 is 27.5 Å². The molecule has 1 aromatic carbocycles. The van der Waals surface area contributed by atoms with Crippen LogP contribution in [0.5, 0.6) is 0 Å². The molecule has 1 fully saturated rings. The Morgan fingerprint density at radius 1 is 1.38 bits per heavy atom. The van der Waals surface area contributed by atoms with Gasteiger partial charge in [0.05, 0.1) is 0 Å². The lowest BCUT2D eigenvalue weighted by atomic mass is 10.0. The molecule has 1 aromatic rings. The van der Waals surface area contributed by atoms with Gasteiger partial charge in [-0.3, -0.25) is 0 Å². The summed E-state index contributed by atoms with van der Waals surface area (Å²) in [7, 11) is 0. The van der Waals surface area contributed by atoms with Crippen molar-refractivity contribution in [2.45, 2.75) is 18.9 Å². The molecule has 0 amide bonds. The maximum Gasteiger partial charge on any atom is 0.0420 e. The minimum Gasteiger partial charge on any atom is -0.324 e. The van der Waals surface area contributed by atoms with Crippen molar-refractivity contribution in [2.75, 3.05) is 0 Å². The smallest absolute Gasteiger partial charge is 0.0420 e. The molecule has 0 spiro atoms. The molecule has 1 nitrogen and oxygen atoms in total. The predicted octanol–water partition coefficient (Wildman–Crippen LogP) is 3.51. The summed E-state index contributed by atoms with van der Waals surface area (Å²) in [6.07, 6.45) is 2.51. The van der Waals surface area contributed by atoms with Crippen LogP contribution in [0.25, 0.3) is 0 Å². The second-order valence-electron chi connectivity index (χ2n) is 3.57. The lowest BCUT2D eigenvalue weighted by Crippen LogP contribution is -2.12. The van der Waals surface area contributed by atoms with Gasteiger partial charge in [0.25, 0.3) is 0 Å². The monoisotopic (exact) mass is 259 g/mol. The van der Waals surface area contributed by atoms with Gasteiger partial charge >= 0.3 is 0 Å². The molecule has 0 unspecified atom stereocenters. The van der Waals surface area contributed by atoms with Crippen molar-refractivity contribution in [3.8, 4) is 0 Å². The average molecular weight is 261 g/mol. The van der Waals surface area contributed by atoms with E-state index in [4.69, 9.17) is 17.3 Å². The minimum absolute atomic E-state index is 0.162. The zero-order valence-electron chi connectivity index (χ0n) is 7.13. The Morgan fingerprint density at radius 2 is 2.08 bits per heavy atom. The quantitative estimate of drug-likeness (QED) is 0.865. The summed E-state index contributed by atoms with van der Waals surface area (Å²) < 4.78 is 1.01. The summed E-state index contributed by atoms with van der Waals surface area (Å²) in [5, 5.41) is 0.750. The van der Waals surface area contributed by atoms with Gasteiger partial charge in [0, 0.05) is 15.5 Å². The van der Waals surface area contributed by atoms with Gasteiger partial charge in [-0.25, -0.2) is 0 Å². The van der Waals surface area contributed by atoms with Crippen LogP contribution in [-0.4, -0.2) is 0 Å². The number of benzene rings is 1. The molecule has 1 aliphatic rings. The summed E-state index contributed by atoms with van der Waals surface area (Å²) in [4.78, 5) is 0. The largest absolute Gasteiger partial charge is 0.324 e. The molecule has 1 saturated carbocycles. The van der Waals surface area contributed by atoms with Gasteiger partial charge < -0.3 is 5.73 Å². The topological polar surface area (TPSA) is 26.0 Å². The highest BCUT2D eigenvalue weighted by Gasteiger charge is 2.29. The van der Waals surface area contributed by atoms with Crippen molar-refractivity contribution in [3.05, 3.63) is 33.3 Å². The lowest BCUT2D eigenvalue weighted by molar-refractivity contribution is 0.633. The summed E-state index contributed by atoms with van der Waals surface area (Å²) in [5.41, 5.74) is 7.20. The van der Waals surface area contributed by atoms with Crippen molar-refractivity contribution in [3.63, 3.8) is 0 Å². The zero-order valence-corrected chi connectivity index (χ0v) is 9.48. The third-order valence-corrected chi connectivity index (χ3v) is 3.08. The van der Waals surface area contributed by atoms with Crippen LogP contribution in [0.15, 0.2) is 22.7 Å². The van der Waals surface area contributed by atoms with Crippen molar-refractivity contribution in [2.24, 2.45) is 11.7 Å². The molecular weight excluding hydrogens is 249 g/mol. The number of hydrogen-bond acceptors (Lipinski definition) is 1. The Bertz CT molecular complexity index is 302. The van der Waals surface area contributed by atoms with E-state index in [1.165, 1.54) is 12.8 Å². The Hall–Kier alpha value is -0.0500. The van der Waals surface area contributed by atoms with E-state index in [0.29, 0.717) is 5.92 Å². The lowest BCUT2D eigenvalue weighted by Gasteiger charge is -2.11. The van der Waals surface area contributed by atoms with Crippen molar-refractivity contribution in [1.29, 1.82) is 0 Å². The number of hydrogen-bond donors (Lipinski definition) is 1. The molecule has 3 heteroatoms. The molecule has 0 heterocycles. The van der Waals surface area contributed by atoms with Crippen molar-refractivity contribution in [1.82, 2.24) is 0 Å². The third-order valence-electron chi connectivity index (χ3n) is 2.40. The highest BCUT2D eigenvalue weighted by Crippen LogP contribution is 2.40. The third kappa shape index (κ3) is 2.25. The SMILES string of the molecule is N[C@@H](c1cc(Cl)cc(Br)c1)C1CC1. The average Bonchev–Trinajstić information content (AvgIpc) is 2.83. The molecule has 0 aliphatic heterocycles. The molecule has 0 saturated heterocycles. The van der Waals surface area contributed by atoms with E-state index in [-0.39, 0.29) is 6.04 Å². The first-order valence-corrected chi connectivity index (χ1v) is 5.55. The Morgan fingerprint density at radius 3 is 2.62 bits per heavy atom. The maximum absolute atomic E-state index is 6.06. The van der Waals surface area contributed by atoms with Gasteiger partial charge in [0.1, 0.15) is 0 Å². The summed E-state index contributed by atoms with van der Waals surface area (Å²) in [6, 6.07) is 6.05. The van der Waals surface area contributed by atoms with Crippen LogP contribution < -0.4 is 5.73 Å². The molecule has 0 aromatic heterocycles. The number of halogens is 2. The van der Waals surface area contributed by atoms with Crippen molar-refractivity contribution < 1.29 is 0 Å². The Labute approximate surface area is 91.4 Å². The van der Waals surface area contributed by atoms with E-state index < -0.39 is 0 Å². The molecule has 70 valence electrons. The van der Waals surface area contributed by atoms with Crippen molar-refractivity contribution >= 4 is 27.5 Å². The first-order chi connectivity index (χ1) is 6.16. The van der Waals surface area contributed by atoms with E-state index in [1.807, 2.05) is 12.1 Å². The highest BCUT2D eigenvalue weighted by atomic mass is 79.9. The van der Waals surface area contributed by atoms with Crippen LogP contribution in [0.1, 0.15) is 24.4 Å². The van der Waals surface area contributed by atoms with Crippen LogP contribution in [0, 0.1) is 5.92 Å². The minimum atomic E-state index is 0.162. The Kier molecular flexibility index (Phi) is 2.63. The molecular formula is C10H11BrClN. The second-order valence-corrected chi connectivity index (χ2v) is 4.92. The van der Waals surface area contributed by atoms with Crippen LogP contribution in [-0.2, 0) is 0 Å². The first-order valence-electron chi connectivity index (χ1n) is 4.38. The first kappa shape index (κ1) is 9.50. The fraction of sp³-hybridized carbons (Fsp3) is 0.400. The molecule has 0 bridgehead atoms. The molecule has 0 radical (unpaired) electrons. The van der Waals surface area contributed by atoms with Gasteiger partial charge in [-0.2, -0.15) is 0 Å². The van der Waals surface area contributed by atoms with E-state index in [9.17, 15) is 0 Å². The van der Waals surface area contributed by atoms with Crippen LogP contribution in [0.2, 0.25) is 5.02 Å². The maximum atomic E-state index is 6.06. The zero-order chi connectivity index (χ0) is 9.42. The summed E-state index contributed by atoms with van der Waals surface area (Å²) in [5.74, 6) is 0.672. The highest BCUT2D eigenvalue weighted by molar-refractivity contribution is 9.10. The van der Waals surface area contributed by atoms with Gasteiger partial charge in [-0.15, -0.1) is 0 Å². The van der Waals surface area contributed by atoms with E-state index in [1.54, 1.807) is 0 Å². The van der Waals surface area contributed by atoms with E-state index >= 15 is 0 Å². The fourth-order valence-electron chi connectivity index (χ4n) is 1.50. The molecule has 13 heavy (non-hydrogen) atoms. The summed E-state index contributed by atoms with van der Waals surface area (Å²) in [6.45, 7) is 0. The van der Waals surface area contributed by atoms with Crippen LogP contribution in [0.3, 0.4) is 0 Å². The van der Waals surface area contributed by atoms with E-state index in [0.717, 1.165) is 15.1 Å². The fourth-order valence-corrected chi connectivity index (χ4v) is 2.38. The van der Waals surface area contributed by atoms with Gasteiger partial charge in [-0.05, 0) is 42.5 Å². The predicted molar refractivity (Wildman–Crippen MR) is 58.8 cm³/mol. The molecule has 1 aliphatic carbocycles. The Balaban J connectivity index is 2.27. The van der Waals surface area contributed by atoms with Gasteiger partial charge in [0.2, 0.25) is 0 Å². The number of rotatable bonds is 2. The molecule has 2 N–H and O–H groups in total. The van der Waals surface area contributed by atoms with Gasteiger partial charge in [-0.1, -0.05) is 27.5 Å². The molecule has 2 rings (SSSR count). The van der Waals surface area contributed by atoms with E-state index in [2.05, 4.69) is 22.0 Å². The summed E-state index contributed by atoms with van der Waals surface area (Å²) >= 11 is 9.34. The normalized spacial score (nSPS) is 18.7.